The maximum Gasteiger partial charge on any atom is 0.308 e. The lowest BCUT2D eigenvalue weighted by molar-refractivity contribution is -0.141. The predicted molar refractivity (Wildman–Crippen MR) is 72.1 cm³/mol. The lowest BCUT2D eigenvalue weighted by Crippen LogP contribution is -2.33. The number of para-hydroxylation sites is 1. The molecular formula is C14H15N3O3. The van der Waals surface area contributed by atoms with E-state index < -0.39 is 11.9 Å². The van der Waals surface area contributed by atoms with Crippen LogP contribution in [0.2, 0.25) is 0 Å². The summed E-state index contributed by atoms with van der Waals surface area (Å²) in [6.07, 6.45) is 2.26. The van der Waals surface area contributed by atoms with Gasteiger partial charge in [0.2, 0.25) is 5.91 Å². The zero-order valence-electron chi connectivity index (χ0n) is 10.9. The number of fused-ring (bicyclic) bond motifs is 1. The predicted octanol–water partition coefficient (Wildman–Crippen LogP) is 0.969. The highest BCUT2D eigenvalue weighted by atomic mass is 16.4. The number of hydrogen-bond donors (Lipinski definition) is 1. The number of carbonyl (C=O) groups is 2. The number of likely N-dealkylation sites (tertiary alicyclic amines) is 1. The summed E-state index contributed by atoms with van der Waals surface area (Å²) in [4.78, 5) is 24.7. The van der Waals surface area contributed by atoms with Crippen LogP contribution in [0.5, 0.6) is 0 Å². The van der Waals surface area contributed by atoms with Gasteiger partial charge in [0.05, 0.1) is 17.6 Å². The number of aliphatic carboxylic acids is 1. The molecule has 1 fully saturated rings. The Kier molecular flexibility index (Phi) is 3.14. The van der Waals surface area contributed by atoms with E-state index in [4.69, 9.17) is 5.11 Å². The normalized spacial score (nSPS) is 18.6. The molecule has 20 heavy (non-hydrogen) atoms. The molecule has 0 saturated carbocycles. The Morgan fingerprint density at radius 3 is 2.90 bits per heavy atom. The van der Waals surface area contributed by atoms with E-state index in [1.54, 1.807) is 15.8 Å². The Labute approximate surface area is 115 Å². The van der Waals surface area contributed by atoms with Crippen LogP contribution in [0.25, 0.3) is 10.9 Å². The molecule has 6 heteroatoms. The van der Waals surface area contributed by atoms with E-state index in [1.165, 1.54) is 0 Å². The third-order valence-electron chi connectivity index (χ3n) is 3.73. The molecule has 1 saturated heterocycles. The summed E-state index contributed by atoms with van der Waals surface area (Å²) >= 11 is 0. The van der Waals surface area contributed by atoms with Crippen LogP contribution in [0.4, 0.5) is 0 Å². The van der Waals surface area contributed by atoms with Gasteiger partial charge in [0.15, 0.2) is 0 Å². The Morgan fingerprint density at radius 1 is 1.35 bits per heavy atom. The Hall–Kier alpha value is -2.37. The van der Waals surface area contributed by atoms with E-state index in [9.17, 15) is 9.59 Å². The number of amides is 1. The van der Waals surface area contributed by atoms with Crippen LogP contribution >= 0.6 is 0 Å². The second-order valence-corrected chi connectivity index (χ2v) is 5.02. The van der Waals surface area contributed by atoms with Crippen LogP contribution in [0, 0.1) is 5.92 Å². The number of rotatable bonds is 3. The fourth-order valence-corrected chi connectivity index (χ4v) is 2.57. The van der Waals surface area contributed by atoms with Crippen molar-refractivity contribution in [1.29, 1.82) is 0 Å². The van der Waals surface area contributed by atoms with Gasteiger partial charge in [0, 0.05) is 18.5 Å². The van der Waals surface area contributed by atoms with Crippen LogP contribution in [0.15, 0.2) is 30.5 Å². The first-order valence-corrected chi connectivity index (χ1v) is 6.56. The average molecular weight is 273 g/mol. The molecule has 2 aromatic rings. The average Bonchev–Trinajstić information content (AvgIpc) is 3.06. The number of nitrogens with zero attached hydrogens (tertiary/aromatic N) is 3. The molecule has 2 heterocycles. The van der Waals surface area contributed by atoms with Crippen molar-refractivity contribution in [2.24, 2.45) is 5.92 Å². The van der Waals surface area contributed by atoms with Crippen molar-refractivity contribution in [2.45, 2.75) is 13.0 Å². The van der Waals surface area contributed by atoms with Crippen molar-refractivity contribution < 1.29 is 14.7 Å². The molecule has 1 aliphatic rings. The SMILES string of the molecule is O=C(O)[C@H]1CCN(C(=O)Cn2ncc3ccccc32)C1. The summed E-state index contributed by atoms with van der Waals surface area (Å²) in [5.74, 6) is -1.35. The van der Waals surface area contributed by atoms with Gasteiger partial charge in [0.25, 0.3) is 0 Å². The van der Waals surface area contributed by atoms with Crippen molar-refractivity contribution >= 4 is 22.8 Å². The summed E-state index contributed by atoms with van der Waals surface area (Å²) in [7, 11) is 0. The van der Waals surface area contributed by atoms with Crippen LogP contribution in [-0.2, 0) is 16.1 Å². The number of carboxylic acid groups (broad SMARTS) is 1. The third-order valence-corrected chi connectivity index (χ3v) is 3.73. The highest BCUT2D eigenvalue weighted by molar-refractivity contribution is 5.82. The topological polar surface area (TPSA) is 75.4 Å². The van der Waals surface area contributed by atoms with Crippen LogP contribution in [-0.4, -0.2) is 44.8 Å². The molecule has 1 N–H and O–H groups in total. The molecule has 0 radical (unpaired) electrons. The molecule has 104 valence electrons. The van der Waals surface area contributed by atoms with E-state index in [0.717, 1.165) is 10.9 Å². The van der Waals surface area contributed by atoms with E-state index >= 15 is 0 Å². The number of aromatic nitrogens is 2. The number of carboxylic acids is 1. The summed E-state index contributed by atoms with van der Waals surface area (Å²) < 4.78 is 1.66. The molecule has 1 atom stereocenters. The van der Waals surface area contributed by atoms with Gasteiger partial charge in [-0.1, -0.05) is 18.2 Å². The third kappa shape index (κ3) is 2.24. The molecule has 6 nitrogen and oxygen atoms in total. The van der Waals surface area contributed by atoms with E-state index in [2.05, 4.69) is 5.10 Å². The zero-order valence-corrected chi connectivity index (χ0v) is 10.9. The van der Waals surface area contributed by atoms with Gasteiger partial charge in [-0.25, -0.2) is 0 Å². The number of benzene rings is 1. The minimum absolute atomic E-state index is 0.0809. The highest BCUT2D eigenvalue weighted by Crippen LogP contribution is 2.18. The second-order valence-electron chi connectivity index (χ2n) is 5.02. The summed E-state index contributed by atoms with van der Waals surface area (Å²) in [5, 5.41) is 14.2. The van der Waals surface area contributed by atoms with Gasteiger partial charge in [-0.3, -0.25) is 14.3 Å². The van der Waals surface area contributed by atoms with Gasteiger partial charge in [-0.15, -0.1) is 0 Å². The van der Waals surface area contributed by atoms with E-state index in [1.807, 2.05) is 24.3 Å². The molecule has 1 aliphatic heterocycles. The lowest BCUT2D eigenvalue weighted by Gasteiger charge is -2.16. The van der Waals surface area contributed by atoms with Crippen LogP contribution in [0.3, 0.4) is 0 Å². The van der Waals surface area contributed by atoms with Crippen molar-refractivity contribution in [2.75, 3.05) is 13.1 Å². The molecule has 0 bridgehead atoms. The summed E-state index contributed by atoms with van der Waals surface area (Å²) in [5.41, 5.74) is 0.912. The molecule has 1 aromatic heterocycles. The quantitative estimate of drug-likeness (QED) is 0.904. The van der Waals surface area contributed by atoms with Crippen molar-refractivity contribution in [3.63, 3.8) is 0 Å². The number of carbonyl (C=O) groups excluding carboxylic acids is 1. The smallest absolute Gasteiger partial charge is 0.308 e. The monoisotopic (exact) mass is 273 g/mol. The Balaban J connectivity index is 1.72. The van der Waals surface area contributed by atoms with Gasteiger partial charge < -0.3 is 10.0 Å². The molecular weight excluding hydrogens is 258 g/mol. The minimum Gasteiger partial charge on any atom is -0.481 e. The largest absolute Gasteiger partial charge is 0.481 e. The molecule has 1 aromatic carbocycles. The molecule has 0 spiro atoms. The maximum absolute atomic E-state index is 12.2. The Bertz CT molecular complexity index is 664. The van der Waals surface area contributed by atoms with Crippen LogP contribution < -0.4 is 0 Å². The van der Waals surface area contributed by atoms with Gasteiger partial charge in [-0.2, -0.15) is 5.10 Å². The summed E-state index contributed by atoms with van der Waals surface area (Å²) in [6, 6.07) is 7.69. The first-order chi connectivity index (χ1) is 9.65. The standard InChI is InChI=1S/C14H15N3O3/c18-13(16-6-5-11(8-16)14(19)20)9-17-12-4-2-1-3-10(12)7-15-17/h1-4,7,11H,5-6,8-9H2,(H,19,20)/t11-/m0/s1. The lowest BCUT2D eigenvalue weighted by atomic mass is 10.1. The molecule has 1 amide bonds. The van der Waals surface area contributed by atoms with Crippen molar-refractivity contribution in [3.8, 4) is 0 Å². The second kappa shape index (κ2) is 4.96. The van der Waals surface area contributed by atoms with Crippen LogP contribution in [0.1, 0.15) is 6.42 Å². The molecule has 0 aliphatic carbocycles. The molecule has 3 rings (SSSR count). The summed E-state index contributed by atoms with van der Waals surface area (Å²) in [6.45, 7) is 0.961. The van der Waals surface area contributed by atoms with Crippen molar-refractivity contribution in [1.82, 2.24) is 14.7 Å². The first kappa shape index (κ1) is 12.7. The fraction of sp³-hybridized carbons (Fsp3) is 0.357. The van der Waals surface area contributed by atoms with E-state index in [-0.39, 0.29) is 12.5 Å². The minimum atomic E-state index is -0.829. The van der Waals surface area contributed by atoms with E-state index in [0.29, 0.717) is 19.5 Å². The first-order valence-electron chi connectivity index (χ1n) is 6.56. The highest BCUT2D eigenvalue weighted by Gasteiger charge is 2.30. The zero-order chi connectivity index (χ0) is 14.1. The Morgan fingerprint density at radius 2 is 2.15 bits per heavy atom. The van der Waals surface area contributed by atoms with Gasteiger partial charge in [0.1, 0.15) is 6.54 Å². The fourth-order valence-electron chi connectivity index (χ4n) is 2.57. The van der Waals surface area contributed by atoms with Gasteiger partial charge >= 0.3 is 5.97 Å². The maximum atomic E-state index is 12.2. The van der Waals surface area contributed by atoms with Crippen molar-refractivity contribution in [3.05, 3.63) is 30.5 Å². The van der Waals surface area contributed by atoms with Gasteiger partial charge in [-0.05, 0) is 12.5 Å². The number of hydrogen-bond acceptors (Lipinski definition) is 3. The molecule has 0 unspecified atom stereocenters.